The molecule has 1 aromatic heterocycles. The third kappa shape index (κ3) is 3.58. The highest BCUT2D eigenvalue weighted by Crippen LogP contribution is 2.36. The van der Waals surface area contributed by atoms with Crippen LogP contribution in [0.15, 0.2) is 6.20 Å². The van der Waals surface area contributed by atoms with E-state index in [2.05, 4.69) is 37.4 Å². The summed E-state index contributed by atoms with van der Waals surface area (Å²) in [5.74, 6) is 0.622. The molecular formula is C18H30N4O2. The van der Waals surface area contributed by atoms with E-state index in [4.69, 9.17) is 4.74 Å². The summed E-state index contributed by atoms with van der Waals surface area (Å²) in [5, 5.41) is 7.77. The highest BCUT2D eigenvalue weighted by Gasteiger charge is 2.39. The van der Waals surface area contributed by atoms with Crippen LogP contribution in [0.2, 0.25) is 0 Å². The van der Waals surface area contributed by atoms with Crippen molar-refractivity contribution >= 4 is 6.03 Å². The summed E-state index contributed by atoms with van der Waals surface area (Å²) in [5.41, 5.74) is 1.99. The summed E-state index contributed by atoms with van der Waals surface area (Å²) >= 11 is 0. The van der Waals surface area contributed by atoms with Crippen LogP contribution in [0, 0.1) is 12.8 Å². The van der Waals surface area contributed by atoms with Gasteiger partial charge in [-0.05, 0) is 53.4 Å². The van der Waals surface area contributed by atoms with Gasteiger partial charge < -0.3 is 15.0 Å². The summed E-state index contributed by atoms with van der Waals surface area (Å²) in [6.45, 7) is 12.4. The van der Waals surface area contributed by atoms with Crippen molar-refractivity contribution in [3.8, 4) is 0 Å². The molecule has 0 unspecified atom stereocenters. The van der Waals surface area contributed by atoms with Crippen molar-refractivity contribution in [2.24, 2.45) is 5.92 Å². The number of urea groups is 1. The summed E-state index contributed by atoms with van der Waals surface area (Å²) in [4.78, 5) is 14.7. The van der Waals surface area contributed by atoms with E-state index in [-0.39, 0.29) is 23.7 Å². The lowest BCUT2D eigenvalue weighted by molar-refractivity contribution is 0.00421. The predicted octanol–water partition coefficient (Wildman–Crippen LogP) is 2.83. The van der Waals surface area contributed by atoms with Gasteiger partial charge in [-0.2, -0.15) is 5.10 Å². The molecule has 134 valence electrons. The molecule has 1 aliphatic carbocycles. The van der Waals surface area contributed by atoms with Gasteiger partial charge in [0.05, 0.1) is 36.5 Å². The molecule has 1 saturated carbocycles. The van der Waals surface area contributed by atoms with Gasteiger partial charge in [-0.25, -0.2) is 4.79 Å². The fraction of sp³-hybridized carbons (Fsp3) is 0.778. The Labute approximate surface area is 144 Å². The Morgan fingerprint density at radius 2 is 2.12 bits per heavy atom. The number of carbonyl (C=O) groups excluding carboxylic acids is 1. The van der Waals surface area contributed by atoms with Crippen molar-refractivity contribution in [3.63, 3.8) is 0 Å². The molecule has 0 spiro atoms. The van der Waals surface area contributed by atoms with Gasteiger partial charge in [0.1, 0.15) is 0 Å². The van der Waals surface area contributed by atoms with Crippen LogP contribution in [-0.4, -0.2) is 46.5 Å². The van der Waals surface area contributed by atoms with Crippen LogP contribution < -0.4 is 5.32 Å². The third-order valence-electron chi connectivity index (χ3n) is 5.02. The summed E-state index contributed by atoms with van der Waals surface area (Å²) in [6.07, 6.45) is 4.48. The second kappa shape index (κ2) is 6.39. The highest BCUT2D eigenvalue weighted by molar-refractivity contribution is 5.75. The second-order valence-corrected chi connectivity index (χ2v) is 8.13. The first-order valence-electron chi connectivity index (χ1n) is 8.99. The Bertz CT molecular complexity index is 601. The molecule has 2 amide bonds. The van der Waals surface area contributed by atoms with Gasteiger partial charge in [-0.15, -0.1) is 0 Å². The molecule has 3 rings (SSSR count). The lowest BCUT2D eigenvalue weighted by Crippen LogP contribution is -2.53. The topological polar surface area (TPSA) is 59.4 Å². The molecule has 1 aliphatic heterocycles. The number of hydrogen-bond donors (Lipinski definition) is 1. The van der Waals surface area contributed by atoms with Crippen LogP contribution >= 0.6 is 0 Å². The first-order valence-corrected chi connectivity index (χ1v) is 8.99. The van der Waals surface area contributed by atoms with E-state index in [1.807, 2.05) is 23.4 Å². The minimum Gasteiger partial charge on any atom is -0.377 e. The maximum absolute atomic E-state index is 12.8. The molecule has 1 aromatic rings. The van der Waals surface area contributed by atoms with Crippen LogP contribution in [0.1, 0.15) is 57.8 Å². The normalized spacial score (nSPS) is 23.2. The first-order chi connectivity index (χ1) is 11.3. The zero-order chi connectivity index (χ0) is 17.5. The van der Waals surface area contributed by atoms with E-state index < -0.39 is 0 Å². The lowest BCUT2D eigenvalue weighted by Gasteiger charge is -2.36. The number of amides is 2. The van der Waals surface area contributed by atoms with Crippen molar-refractivity contribution in [3.05, 3.63) is 17.5 Å². The number of rotatable bonds is 3. The van der Waals surface area contributed by atoms with Gasteiger partial charge >= 0.3 is 6.03 Å². The van der Waals surface area contributed by atoms with E-state index in [9.17, 15) is 4.79 Å². The smallest absolute Gasteiger partial charge is 0.318 e. The maximum atomic E-state index is 12.8. The Morgan fingerprint density at radius 3 is 2.71 bits per heavy atom. The Hall–Kier alpha value is -1.56. The summed E-state index contributed by atoms with van der Waals surface area (Å²) < 4.78 is 7.55. The van der Waals surface area contributed by atoms with E-state index in [0.29, 0.717) is 25.7 Å². The molecule has 24 heavy (non-hydrogen) atoms. The molecule has 0 radical (unpaired) electrons. The molecule has 6 heteroatoms. The standard InChI is InChI=1S/C18H30N4O2/c1-12(15-10-22(18(3,4)5)20-13(15)2)19-17(23)21-8-9-24-11-16(21)14-6-7-14/h10,12,14,16H,6-9,11H2,1-5H3,(H,19,23)/t12-,16-/m0/s1. The number of nitrogens with one attached hydrogen (secondary N) is 1. The number of morpholine rings is 1. The fourth-order valence-electron chi connectivity index (χ4n) is 3.33. The minimum atomic E-state index is -0.0615. The molecule has 2 aliphatic rings. The van der Waals surface area contributed by atoms with Gasteiger partial charge in [-0.3, -0.25) is 4.68 Å². The van der Waals surface area contributed by atoms with Crippen molar-refractivity contribution in [1.29, 1.82) is 0 Å². The molecule has 2 heterocycles. The second-order valence-electron chi connectivity index (χ2n) is 8.13. The van der Waals surface area contributed by atoms with Crippen LogP contribution in [0.4, 0.5) is 4.79 Å². The summed E-state index contributed by atoms with van der Waals surface area (Å²) in [7, 11) is 0. The predicted molar refractivity (Wildman–Crippen MR) is 92.9 cm³/mol. The average molecular weight is 334 g/mol. The summed E-state index contributed by atoms with van der Waals surface area (Å²) in [6, 6.07) is 0.200. The van der Waals surface area contributed by atoms with Gasteiger partial charge in [0.25, 0.3) is 0 Å². The van der Waals surface area contributed by atoms with Gasteiger partial charge in [0, 0.05) is 18.3 Å². The number of aromatic nitrogens is 2. The van der Waals surface area contributed by atoms with Crippen molar-refractivity contribution in [2.45, 2.75) is 65.1 Å². The van der Waals surface area contributed by atoms with Gasteiger partial charge in [0.2, 0.25) is 0 Å². The zero-order valence-corrected chi connectivity index (χ0v) is 15.5. The van der Waals surface area contributed by atoms with Crippen molar-refractivity contribution < 1.29 is 9.53 Å². The van der Waals surface area contributed by atoms with Gasteiger partial charge in [0.15, 0.2) is 0 Å². The van der Waals surface area contributed by atoms with Crippen LogP contribution in [0.3, 0.4) is 0 Å². The zero-order valence-electron chi connectivity index (χ0n) is 15.5. The molecule has 0 aromatic carbocycles. The first kappa shape index (κ1) is 17.3. The molecule has 2 fully saturated rings. The Balaban J connectivity index is 1.68. The highest BCUT2D eigenvalue weighted by atomic mass is 16.5. The van der Waals surface area contributed by atoms with E-state index >= 15 is 0 Å². The van der Waals surface area contributed by atoms with Crippen LogP contribution in [0.25, 0.3) is 0 Å². The van der Waals surface area contributed by atoms with Gasteiger partial charge in [-0.1, -0.05) is 0 Å². The van der Waals surface area contributed by atoms with E-state index in [1.54, 1.807) is 0 Å². The Morgan fingerprint density at radius 1 is 1.42 bits per heavy atom. The fourth-order valence-corrected chi connectivity index (χ4v) is 3.33. The molecular weight excluding hydrogens is 304 g/mol. The molecule has 1 saturated heterocycles. The molecule has 1 N–H and O–H groups in total. The third-order valence-corrected chi connectivity index (χ3v) is 5.02. The molecule has 6 nitrogen and oxygen atoms in total. The quantitative estimate of drug-likeness (QED) is 0.925. The monoisotopic (exact) mass is 334 g/mol. The largest absolute Gasteiger partial charge is 0.377 e. The maximum Gasteiger partial charge on any atom is 0.318 e. The molecule has 2 atom stereocenters. The lowest BCUT2D eigenvalue weighted by atomic mass is 10.1. The van der Waals surface area contributed by atoms with Crippen LogP contribution in [0.5, 0.6) is 0 Å². The van der Waals surface area contributed by atoms with Crippen LogP contribution in [-0.2, 0) is 10.3 Å². The number of ether oxygens (including phenoxy) is 1. The molecule has 0 bridgehead atoms. The SMILES string of the molecule is Cc1nn(C(C)(C)C)cc1[C@H](C)NC(=O)N1CCOC[C@H]1C1CC1. The number of hydrogen-bond acceptors (Lipinski definition) is 3. The van der Waals surface area contributed by atoms with Crippen molar-refractivity contribution in [1.82, 2.24) is 20.0 Å². The number of aryl methyl sites for hydroxylation is 1. The van der Waals surface area contributed by atoms with E-state index in [1.165, 1.54) is 12.8 Å². The number of carbonyl (C=O) groups is 1. The van der Waals surface area contributed by atoms with E-state index in [0.717, 1.165) is 11.3 Å². The van der Waals surface area contributed by atoms with Crippen molar-refractivity contribution in [2.75, 3.05) is 19.8 Å². The average Bonchev–Trinajstić information content (AvgIpc) is 3.28. The number of nitrogens with zero attached hydrogens (tertiary/aromatic N) is 3. The minimum absolute atomic E-state index is 0.0191. The Kier molecular flexibility index (Phi) is 4.60.